The lowest BCUT2D eigenvalue weighted by atomic mass is 9.88. The standard InChI is InChI=1S/C23H29NO4/c1-27-17-9-15-24(16-14-23(26)28-2)22(25)18-21(19-10-5-3-6-11-19)20-12-7-4-8-13-20/h3-8,10-13,21H,9,14-18H2,1-2H3. The van der Waals surface area contributed by atoms with E-state index in [9.17, 15) is 9.59 Å². The highest BCUT2D eigenvalue weighted by Crippen LogP contribution is 2.28. The molecule has 0 aliphatic heterocycles. The zero-order valence-electron chi connectivity index (χ0n) is 16.7. The zero-order chi connectivity index (χ0) is 20.2. The van der Waals surface area contributed by atoms with Gasteiger partial charge in [0.05, 0.1) is 13.5 Å². The fourth-order valence-corrected chi connectivity index (χ4v) is 3.19. The molecule has 0 heterocycles. The van der Waals surface area contributed by atoms with Crippen LogP contribution in [0, 0.1) is 0 Å². The molecule has 0 aromatic heterocycles. The molecule has 2 aromatic carbocycles. The lowest BCUT2D eigenvalue weighted by Crippen LogP contribution is -2.35. The van der Waals surface area contributed by atoms with E-state index in [2.05, 4.69) is 24.3 Å². The Bertz CT molecular complexity index is 678. The predicted molar refractivity (Wildman–Crippen MR) is 109 cm³/mol. The topological polar surface area (TPSA) is 55.8 Å². The second-order valence-corrected chi connectivity index (χ2v) is 6.63. The lowest BCUT2D eigenvalue weighted by Gasteiger charge is -2.25. The van der Waals surface area contributed by atoms with Crippen molar-refractivity contribution < 1.29 is 19.1 Å². The highest BCUT2D eigenvalue weighted by molar-refractivity contribution is 5.78. The summed E-state index contributed by atoms with van der Waals surface area (Å²) in [5.41, 5.74) is 2.21. The molecule has 0 radical (unpaired) electrons. The van der Waals surface area contributed by atoms with Crippen LogP contribution in [0.1, 0.15) is 36.3 Å². The lowest BCUT2D eigenvalue weighted by molar-refractivity contribution is -0.141. The van der Waals surface area contributed by atoms with Gasteiger partial charge in [-0.15, -0.1) is 0 Å². The van der Waals surface area contributed by atoms with Crippen molar-refractivity contribution in [2.24, 2.45) is 0 Å². The van der Waals surface area contributed by atoms with E-state index in [4.69, 9.17) is 9.47 Å². The van der Waals surface area contributed by atoms with Gasteiger partial charge in [-0.25, -0.2) is 0 Å². The molecule has 28 heavy (non-hydrogen) atoms. The first kappa shape index (κ1) is 21.6. The summed E-state index contributed by atoms with van der Waals surface area (Å²) in [6.07, 6.45) is 1.27. The van der Waals surface area contributed by atoms with Crippen LogP contribution >= 0.6 is 0 Å². The van der Waals surface area contributed by atoms with Crippen LogP contribution < -0.4 is 0 Å². The largest absolute Gasteiger partial charge is 0.469 e. The number of hydrogen-bond acceptors (Lipinski definition) is 4. The minimum atomic E-state index is -0.313. The highest BCUT2D eigenvalue weighted by Gasteiger charge is 2.22. The number of carbonyl (C=O) groups is 2. The molecule has 0 aliphatic carbocycles. The van der Waals surface area contributed by atoms with Gasteiger partial charge in [-0.3, -0.25) is 9.59 Å². The third kappa shape index (κ3) is 6.82. The molecule has 0 bridgehead atoms. The van der Waals surface area contributed by atoms with Crippen molar-refractivity contribution in [2.75, 3.05) is 33.9 Å². The second-order valence-electron chi connectivity index (χ2n) is 6.63. The van der Waals surface area contributed by atoms with Crippen LogP contribution in [0.15, 0.2) is 60.7 Å². The molecule has 150 valence electrons. The van der Waals surface area contributed by atoms with Gasteiger partial charge in [0, 0.05) is 39.1 Å². The zero-order valence-corrected chi connectivity index (χ0v) is 16.7. The van der Waals surface area contributed by atoms with E-state index in [1.807, 2.05) is 36.4 Å². The number of rotatable bonds is 11. The molecule has 0 fully saturated rings. The average Bonchev–Trinajstić information content (AvgIpc) is 2.75. The Morgan fingerprint density at radius 1 is 0.893 bits per heavy atom. The smallest absolute Gasteiger partial charge is 0.307 e. The molecule has 0 saturated heterocycles. The first-order valence-electron chi connectivity index (χ1n) is 9.59. The number of hydrogen-bond donors (Lipinski definition) is 0. The molecular formula is C23H29NO4. The minimum Gasteiger partial charge on any atom is -0.469 e. The van der Waals surface area contributed by atoms with Gasteiger partial charge in [0.2, 0.25) is 5.91 Å². The van der Waals surface area contributed by atoms with Crippen molar-refractivity contribution in [3.05, 3.63) is 71.8 Å². The van der Waals surface area contributed by atoms with Crippen LogP contribution in [0.4, 0.5) is 0 Å². The predicted octanol–water partition coefficient (Wildman–Crippen LogP) is 3.64. The van der Waals surface area contributed by atoms with Gasteiger partial charge in [-0.05, 0) is 17.5 Å². The minimum absolute atomic E-state index is 0.0257. The van der Waals surface area contributed by atoms with E-state index in [-0.39, 0.29) is 24.2 Å². The summed E-state index contributed by atoms with van der Waals surface area (Å²) in [4.78, 5) is 26.4. The monoisotopic (exact) mass is 383 g/mol. The summed E-state index contributed by atoms with van der Waals surface area (Å²) < 4.78 is 9.83. The molecule has 0 saturated carbocycles. The number of esters is 1. The molecule has 0 aliphatic rings. The summed E-state index contributed by atoms with van der Waals surface area (Å²) >= 11 is 0. The normalized spacial score (nSPS) is 10.7. The van der Waals surface area contributed by atoms with E-state index in [0.717, 1.165) is 17.5 Å². The average molecular weight is 383 g/mol. The molecule has 5 heteroatoms. The third-order valence-electron chi connectivity index (χ3n) is 4.73. The van der Waals surface area contributed by atoms with Crippen molar-refractivity contribution in [1.82, 2.24) is 4.90 Å². The van der Waals surface area contributed by atoms with Crippen LogP contribution in [0.2, 0.25) is 0 Å². The van der Waals surface area contributed by atoms with Crippen LogP contribution in [-0.4, -0.2) is 50.7 Å². The van der Waals surface area contributed by atoms with Gasteiger partial charge in [-0.1, -0.05) is 60.7 Å². The molecule has 0 atom stereocenters. The van der Waals surface area contributed by atoms with Gasteiger partial charge in [-0.2, -0.15) is 0 Å². The molecule has 0 N–H and O–H groups in total. The van der Waals surface area contributed by atoms with E-state index in [1.54, 1.807) is 12.0 Å². The van der Waals surface area contributed by atoms with Gasteiger partial charge < -0.3 is 14.4 Å². The van der Waals surface area contributed by atoms with Crippen molar-refractivity contribution in [3.63, 3.8) is 0 Å². The summed E-state index contributed by atoms with van der Waals surface area (Å²) in [7, 11) is 3.00. The first-order valence-corrected chi connectivity index (χ1v) is 9.59. The SMILES string of the molecule is COCCCN(CCC(=O)OC)C(=O)CC(c1ccccc1)c1ccccc1. The number of ether oxygens (including phenoxy) is 2. The maximum Gasteiger partial charge on any atom is 0.307 e. The van der Waals surface area contributed by atoms with E-state index >= 15 is 0 Å². The van der Waals surface area contributed by atoms with Gasteiger partial charge in [0.25, 0.3) is 0 Å². The molecule has 1 amide bonds. The number of benzene rings is 2. The number of nitrogens with zero attached hydrogens (tertiary/aromatic N) is 1. The van der Waals surface area contributed by atoms with Crippen LogP contribution in [0.25, 0.3) is 0 Å². The number of carbonyl (C=O) groups excluding carboxylic acids is 2. The van der Waals surface area contributed by atoms with E-state index in [0.29, 0.717) is 26.1 Å². The molecule has 2 aromatic rings. The van der Waals surface area contributed by atoms with Gasteiger partial charge in [0.1, 0.15) is 0 Å². The Balaban J connectivity index is 2.16. The number of methoxy groups -OCH3 is 2. The molecular weight excluding hydrogens is 354 g/mol. The van der Waals surface area contributed by atoms with Crippen molar-refractivity contribution in [3.8, 4) is 0 Å². The van der Waals surface area contributed by atoms with Gasteiger partial charge in [0.15, 0.2) is 0 Å². The van der Waals surface area contributed by atoms with Crippen LogP contribution in [0.5, 0.6) is 0 Å². The Morgan fingerprint density at radius 3 is 1.96 bits per heavy atom. The third-order valence-corrected chi connectivity index (χ3v) is 4.73. The Morgan fingerprint density at radius 2 is 1.46 bits per heavy atom. The second kappa shape index (κ2) is 11.9. The van der Waals surface area contributed by atoms with Crippen LogP contribution in [-0.2, 0) is 19.1 Å². The maximum absolute atomic E-state index is 13.1. The maximum atomic E-state index is 13.1. The Hall–Kier alpha value is -2.66. The van der Waals surface area contributed by atoms with Gasteiger partial charge >= 0.3 is 5.97 Å². The van der Waals surface area contributed by atoms with Crippen molar-refractivity contribution in [1.29, 1.82) is 0 Å². The van der Waals surface area contributed by atoms with Crippen LogP contribution in [0.3, 0.4) is 0 Å². The van der Waals surface area contributed by atoms with E-state index in [1.165, 1.54) is 7.11 Å². The first-order chi connectivity index (χ1) is 13.7. The molecule has 0 unspecified atom stereocenters. The molecule has 0 spiro atoms. The highest BCUT2D eigenvalue weighted by atomic mass is 16.5. The Labute approximate surface area is 167 Å². The van der Waals surface area contributed by atoms with Crippen molar-refractivity contribution >= 4 is 11.9 Å². The van der Waals surface area contributed by atoms with E-state index < -0.39 is 0 Å². The Kier molecular flexibility index (Phi) is 9.22. The summed E-state index contributed by atoms with van der Waals surface area (Å²) in [5, 5.41) is 0. The summed E-state index contributed by atoms with van der Waals surface area (Å²) in [5.74, 6) is -0.317. The van der Waals surface area contributed by atoms with Crippen molar-refractivity contribution in [2.45, 2.75) is 25.2 Å². The number of amides is 1. The summed E-state index contributed by atoms with van der Waals surface area (Å²) in [6.45, 7) is 1.48. The molecule has 5 nitrogen and oxygen atoms in total. The summed E-state index contributed by atoms with van der Waals surface area (Å²) in [6, 6.07) is 20.1. The fourth-order valence-electron chi connectivity index (χ4n) is 3.19. The quantitative estimate of drug-likeness (QED) is 0.439. The fraction of sp³-hybridized carbons (Fsp3) is 0.391. The molecule has 2 rings (SSSR count).